The first-order chi connectivity index (χ1) is 16.0. The average Bonchev–Trinajstić information content (AvgIpc) is 3.37. The van der Waals surface area contributed by atoms with Crippen LogP contribution in [0.4, 0.5) is 0 Å². The van der Waals surface area contributed by atoms with Gasteiger partial charge in [-0.2, -0.15) is 0 Å². The topological polar surface area (TPSA) is 59.1 Å². The molecule has 0 bridgehead atoms. The smallest absolute Gasteiger partial charge is 0.223 e. The Labute approximate surface area is 202 Å². The Morgan fingerprint density at radius 3 is 2.45 bits per heavy atom. The number of amides is 2. The Balaban J connectivity index is 1.42. The third-order valence-corrected chi connectivity index (χ3v) is 7.76. The van der Waals surface area contributed by atoms with E-state index >= 15 is 0 Å². The average molecular weight is 477 g/mol. The van der Waals surface area contributed by atoms with Crippen LogP contribution in [0.5, 0.6) is 5.75 Å². The zero-order chi connectivity index (χ0) is 23.1. The lowest BCUT2D eigenvalue weighted by molar-refractivity contribution is -0.144. The van der Waals surface area contributed by atoms with Gasteiger partial charge in [-0.25, -0.2) is 0 Å². The van der Waals surface area contributed by atoms with Crippen molar-refractivity contribution < 1.29 is 19.1 Å². The Morgan fingerprint density at radius 1 is 1.00 bits per heavy atom. The lowest BCUT2D eigenvalue weighted by Gasteiger charge is -2.43. The van der Waals surface area contributed by atoms with E-state index in [0.29, 0.717) is 63.2 Å². The largest absolute Gasteiger partial charge is 0.493 e. The number of benzene rings is 1. The van der Waals surface area contributed by atoms with Crippen LogP contribution < -0.4 is 4.74 Å². The molecule has 1 aromatic rings. The van der Waals surface area contributed by atoms with Gasteiger partial charge in [0.1, 0.15) is 5.75 Å². The van der Waals surface area contributed by atoms with Gasteiger partial charge in [0.05, 0.1) is 19.8 Å². The second kappa shape index (κ2) is 11.6. The molecule has 2 aliphatic heterocycles. The number of ether oxygens (including phenoxy) is 2. The van der Waals surface area contributed by atoms with Crippen LogP contribution in [0.2, 0.25) is 5.02 Å². The molecule has 4 rings (SSSR count). The van der Waals surface area contributed by atoms with Crippen LogP contribution in [-0.4, -0.2) is 67.6 Å². The summed E-state index contributed by atoms with van der Waals surface area (Å²) in [5, 5.41) is 0.663. The molecule has 1 unspecified atom stereocenters. The number of hydrogen-bond donors (Lipinski definition) is 0. The number of hydrogen-bond acceptors (Lipinski definition) is 4. The molecule has 1 aliphatic carbocycles. The SMILES string of the molecule is O=C(CC1(COc2ccc(Cl)cc2)CCCN(C(=O)CCC2CCCC2)C1)N1CCOCC1. The summed E-state index contributed by atoms with van der Waals surface area (Å²) < 4.78 is 11.6. The first kappa shape index (κ1) is 24.3. The number of carbonyl (C=O) groups excluding carboxylic acids is 2. The predicted molar refractivity (Wildman–Crippen MR) is 128 cm³/mol. The number of morpholine rings is 1. The van der Waals surface area contributed by atoms with Crippen molar-refractivity contribution in [1.82, 2.24) is 9.80 Å². The molecule has 182 valence electrons. The molecule has 2 heterocycles. The van der Waals surface area contributed by atoms with Crippen molar-refractivity contribution in [2.24, 2.45) is 11.3 Å². The monoisotopic (exact) mass is 476 g/mol. The Hall–Kier alpha value is -1.79. The maximum atomic E-state index is 13.2. The van der Waals surface area contributed by atoms with Crippen LogP contribution >= 0.6 is 11.6 Å². The van der Waals surface area contributed by atoms with Crippen molar-refractivity contribution in [3.8, 4) is 5.75 Å². The molecule has 6 nitrogen and oxygen atoms in total. The maximum Gasteiger partial charge on any atom is 0.223 e. The fraction of sp³-hybridized carbons (Fsp3) is 0.692. The highest BCUT2D eigenvalue weighted by Gasteiger charge is 2.41. The van der Waals surface area contributed by atoms with E-state index in [0.717, 1.165) is 31.6 Å². The Morgan fingerprint density at radius 2 is 1.73 bits per heavy atom. The van der Waals surface area contributed by atoms with Gasteiger partial charge in [0.15, 0.2) is 0 Å². The number of carbonyl (C=O) groups is 2. The lowest BCUT2D eigenvalue weighted by atomic mass is 9.77. The molecule has 2 amide bonds. The van der Waals surface area contributed by atoms with E-state index in [1.165, 1.54) is 25.7 Å². The Kier molecular flexibility index (Phi) is 8.53. The van der Waals surface area contributed by atoms with Crippen molar-refractivity contribution in [3.05, 3.63) is 29.3 Å². The molecule has 1 aromatic carbocycles. The van der Waals surface area contributed by atoms with Gasteiger partial charge < -0.3 is 19.3 Å². The molecule has 1 atom stereocenters. The van der Waals surface area contributed by atoms with E-state index < -0.39 is 0 Å². The molecule has 3 fully saturated rings. The highest BCUT2D eigenvalue weighted by atomic mass is 35.5. The van der Waals surface area contributed by atoms with Gasteiger partial charge in [-0.1, -0.05) is 37.3 Å². The molecule has 0 radical (unpaired) electrons. The summed E-state index contributed by atoms with van der Waals surface area (Å²) in [7, 11) is 0. The molecule has 0 aromatic heterocycles. The van der Waals surface area contributed by atoms with Crippen LogP contribution in [0.1, 0.15) is 57.8 Å². The molecule has 1 saturated carbocycles. The molecule has 7 heteroatoms. The van der Waals surface area contributed by atoms with E-state index in [-0.39, 0.29) is 17.2 Å². The summed E-state index contributed by atoms with van der Waals surface area (Å²) in [5.41, 5.74) is -0.379. The standard InChI is InChI=1S/C26H37ClN2O4/c27-22-7-9-23(10-8-22)33-20-26(18-25(31)28-14-16-32-17-15-28)12-3-13-29(19-26)24(30)11-6-21-4-1-2-5-21/h7-10,21H,1-6,11-20H2. The zero-order valence-corrected chi connectivity index (χ0v) is 20.4. The highest BCUT2D eigenvalue weighted by molar-refractivity contribution is 6.30. The molecule has 33 heavy (non-hydrogen) atoms. The molecule has 2 saturated heterocycles. The van der Waals surface area contributed by atoms with Gasteiger partial charge in [-0.05, 0) is 49.4 Å². The van der Waals surface area contributed by atoms with Crippen LogP contribution in [0.3, 0.4) is 0 Å². The van der Waals surface area contributed by atoms with E-state index in [1.54, 1.807) is 0 Å². The first-order valence-electron chi connectivity index (χ1n) is 12.5. The van der Waals surface area contributed by atoms with E-state index in [1.807, 2.05) is 34.1 Å². The molecular formula is C26H37ClN2O4. The second-order valence-electron chi connectivity index (χ2n) is 10.0. The summed E-state index contributed by atoms with van der Waals surface area (Å²) >= 11 is 6.01. The molecule has 0 spiro atoms. The van der Waals surface area contributed by atoms with Crippen LogP contribution in [0.25, 0.3) is 0 Å². The van der Waals surface area contributed by atoms with E-state index in [2.05, 4.69) is 0 Å². The summed E-state index contributed by atoms with van der Waals surface area (Å²) in [6.45, 7) is 4.22. The van der Waals surface area contributed by atoms with Crippen LogP contribution in [0.15, 0.2) is 24.3 Å². The van der Waals surface area contributed by atoms with E-state index in [9.17, 15) is 9.59 Å². The summed E-state index contributed by atoms with van der Waals surface area (Å²) in [6.07, 6.45) is 8.92. The third kappa shape index (κ3) is 6.86. The van der Waals surface area contributed by atoms with Gasteiger partial charge in [-0.15, -0.1) is 0 Å². The van der Waals surface area contributed by atoms with Crippen molar-refractivity contribution in [1.29, 1.82) is 0 Å². The Bertz CT molecular complexity index is 790. The number of likely N-dealkylation sites (tertiary alicyclic amines) is 1. The number of piperidine rings is 1. The third-order valence-electron chi connectivity index (χ3n) is 7.50. The van der Waals surface area contributed by atoms with Crippen molar-refractivity contribution in [2.45, 2.75) is 57.8 Å². The summed E-state index contributed by atoms with van der Waals surface area (Å²) in [6, 6.07) is 7.32. The van der Waals surface area contributed by atoms with Gasteiger partial charge in [0, 0.05) is 49.5 Å². The van der Waals surface area contributed by atoms with Gasteiger partial charge in [0.2, 0.25) is 11.8 Å². The highest BCUT2D eigenvalue weighted by Crippen LogP contribution is 2.36. The van der Waals surface area contributed by atoms with Crippen molar-refractivity contribution >= 4 is 23.4 Å². The van der Waals surface area contributed by atoms with Crippen LogP contribution in [0, 0.1) is 11.3 Å². The normalized spacial score (nSPS) is 24.2. The fourth-order valence-corrected chi connectivity index (χ4v) is 5.66. The van der Waals surface area contributed by atoms with Crippen LogP contribution in [-0.2, 0) is 14.3 Å². The van der Waals surface area contributed by atoms with Gasteiger partial charge in [-0.3, -0.25) is 9.59 Å². The van der Waals surface area contributed by atoms with Crippen molar-refractivity contribution in [3.63, 3.8) is 0 Å². The quantitative estimate of drug-likeness (QED) is 0.552. The minimum Gasteiger partial charge on any atom is -0.493 e. The minimum atomic E-state index is -0.379. The summed E-state index contributed by atoms with van der Waals surface area (Å²) in [4.78, 5) is 30.2. The van der Waals surface area contributed by atoms with E-state index in [4.69, 9.17) is 21.1 Å². The number of halogens is 1. The predicted octanol–water partition coefficient (Wildman–Crippen LogP) is 4.55. The fourth-order valence-electron chi connectivity index (χ4n) is 5.53. The number of rotatable bonds is 8. The van der Waals surface area contributed by atoms with Crippen molar-refractivity contribution in [2.75, 3.05) is 46.0 Å². The minimum absolute atomic E-state index is 0.137. The number of nitrogens with zero attached hydrogens (tertiary/aromatic N) is 2. The molecule has 3 aliphatic rings. The lowest BCUT2D eigenvalue weighted by Crippen LogP contribution is -2.52. The van der Waals surface area contributed by atoms with Gasteiger partial charge in [0.25, 0.3) is 0 Å². The first-order valence-corrected chi connectivity index (χ1v) is 12.9. The maximum absolute atomic E-state index is 13.2. The van der Waals surface area contributed by atoms with Gasteiger partial charge >= 0.3 is 0 Å². The summed E-state index contributed by atoms with van der Waals surface area (Å²) in [5.74, 6) is 1.82. The zero-order valence-electron chi connectivity index (χ0n) is 19.6. The molecule has 0 N–H and O–H groups in total. The second-order valence-corrected chi connectivity index (χ2v) is 10.5. The molecular weight excluding hydrogens is 440 g/mol.